The van der Waals surface area contributed by atoms with Crippen molar-refractivity contribution in [2.45, 2.75) is 37.8 Å². The summed E-state index contributed by atoms with van der Waals surface area (Å²) in [7, 11) is 0. The molecule has 5 rings (SSSR count). The number of oxime groups is 1. The van der Waals surface area contributed by atoms with Crippen LogP contribution in [-0.4, -0.2) is 48.5 Å². The number of likely N-dealkylation sites (tertiary alicyclic amines) is 1. The largest absolute Gasteiger partial charge is 0.454 e. The number of rotatable bonds is 5. The van der Waals surface area contributed by atoms with Gasteiger partial charge in [-0.05, 0) is 36.5 Å². The van der Waals surface area contributed by atoms with Crippen LogP contribution in [0.5, 0.6) is 11.5 Å². The van der Waals surface area contributed by atoms with Crippen LogP contribution >= 0.6 is 0 Å². The summed E-state index contributed by atoms with van der Waals surface area (Å²) >= 11 is 0. The van der Waals surface area contributed by atoms with Crippen molar-refractivity contribution in [3.05, 3.63) is 23.8 Å². The first-order valence-electron chi connectivity index (χ1n) is 9.33. The second kappa shape index (κ2) is 6.16. The predicted molar refractivity (Wildman–Crippen MR) is 94.1 cm³/mol. The molecule has 1 amide bonds. The molecule has 1 N–H and O–H groups in total. The van der Waals surface area contributed by atoms with Crippen LogP contribution in [0.15, 0.2) is 23.4 Å². The minimum absolute atomic E-state index is 0.0667. The van der Waals surface area contributed by atoms with E-state index in [1.54, 1.807) is 0 Å². The molecule has 3 heterocycles. The van der Waals surface area contributed by atoms with Crippen LogP contribution in [0, 0.1) is 5.92 Å². The highest BCUT2D eigenvalue weighted by atomic mass is 16.7. The van der Waals surface area contributed by atoms with Gasteiger partial charge in [-0.1, -0.05) is 11.2 Å². The van der Waals surface area contributed by atoms with Crippen LogP contribution < -0.4 is 14.8 Å². The lowest BCUT2D eigenvalue weighted by molar-refractivity contribution is -0.115. The van der Waals surface area contributed by atoms with E-state index < -0.39 is 0 Å². The van der Waals surface area contributed by atoms with Gasteiger partial charge in [0.05, 0.1) is 0 Å². The molecule has 1 atom stereocenters. The fourth-order valence-corrected chi connectivity index (χ4v) is 3.88. The van der Waals surface area contributed by atoms with Crippen molar-refractivity contribution in [1.82, 2.24) is 10.2 Å². The van der Waals surface area contributed by atoms with Crippen LogP contribution in [-0.2, 0) is 16.2 Å². The summed E-state index contributed by atoms with van der Waals surface area (Å²) in [5.41, 5.74) is 1.38. The lowest BCUT2D eigenvalue weighted by atomic mass is 9.96. The van der Waals surface area contributed by atoms with Gasteiger partial charge in [0.15, 0.2) is 17.1 Å². The Balaban J connectivity index is 1.16. The fourth-order valence-electron chi connectivity index (χ4n) is 3.88. The Morgan fingerprint density at radius 3 is 3.08 bits per heavy atom. The van der Waals surface area contributed by atoms with Crippen LogP contribution in [0.2, 0.25) is 0 Å². The van der Waals surface area contributed by atoms with Gasteiger partial charge in [-0.15, -0.1) is 0 Å². The number of hydrogen-bond donors (Lipinski definition) is 1. The Morgan fingerprint density at radius 1 is 1.31 bits per heavy atom. The molecule has 1 saturated heterocycles. The number of ether oxygens (including phenoxy) is 2. The summed E-state index contributed by atoms with van der Waals surface area (Å²) in [4.78, 5) is 20.3. The average molecular weight is 357 g/mol. The summed E-state index contributed by atoms with van der Waals surface area (Å²) in [6, 6.07) is 6.07. The van der Waals surface area contributed by atoms with Crippen molar-refractivity contribution in [2.75, 3.05) is 26.4 Å². The van der Waals surface area contributed by atoms with E-state index in [-0.39, 0.29) is 11.5 Å². The van der Waals surface area contributed by atoms with Crippen LogP contribution in [0.25, 0.3) is 0 Å². The zero-order valence-electron chi connectivity index (χ0n) is 14.7. The van der Waals surface area contributed by atoms with E-state index in [4.69, 9.17) is 14.3 Å². The smallest absolute Gasteiger partial charge is 0.269 e. The first-order chi connectivity index (χ1) is 12.7. The van der Waals surface area contributed by atoms with Crippen LogP contribution in [0.3, 0.4) is 0 Å². The second-order valence-electron chi connectivity index (χ2n) is 7.79. The molecule has 1 aromatic rings. The molecule has 0 aromatic heterocycles. The van der Waals surface area contributed by atoms with Gasteiger partial charge in [-0.3, -0.25) is 9.69 Å². The van der Waals surface area contributed by atoms with Crippen LogP contribution in [0.4, 0.5) is 0 Å². The topological polar surface area (TPSA) is 72.4 Å². The maximum Gasteiger partial charge on any atom is 0.269 e. The highest BCUT2D eigenvalue weighted by molar-refractivity contribution is 6.39. The Bertz CT molecular complexity index is 761. The summed E-state index contributed by atoms with van der Waals surface area (Å²) in [5, 5.41) is 7.08. The van der Waals surface area contributed by atoms with Crippen molar-refractivity contribution in [2.24, 2.45) is 11.1 Å². The van der Waals surface area contributed by atoms with E-state index in [9.17, 15) is 4.79 Å². The van der Waals surface area contributed by atoms with E-state index in [0.717, 1.165) is 44.1 Å². The SMILES string of the molecule is O=C(NCC1CC1)C1=NO[C@@]2(CCN(Cc3ccc4c(c3)OCO4)C2)C1. The van der Waals surface area contributed by atoms with E-state index in [2.05, 4.69) is 21.4 Å². The third-order valence-electron chi connectivity index (χ3n) is 5.59. The molecule has 138 valence electrons. The maximum atomic E-state index is 12.2. The molecule has 2 fully saturated rings. The van der Waals surface area contributed by atoms with E-state index in [1.807, 2.05) is 12.1 Å². The molecule has 3 aliphatic heterocycles. The Morgan fingerprint density at radius 2 is 2.19 bits per heavy atom. The van der Waals surface area contributed by atoms with E-state index in [1.165, 1.54) is 18.4 Å². The molecule has 7 nitrogen and oxygen atoms in total. The van der Waals surface area contributed by atoms with E-state index >= 15 is 0 Å². The van der Waals surface area contributed by atoms with Gasteiger partial charge < -0.3 is 19.6 Å². The summed E-state index contributed by atoms with van der Waals surface area (Å²) in [6.07, 6.45) is 3.94. The molecular formula is C19H23N3O4. The van der Waals surface area contributed by atoms with Crippen molar-refractivity contribution in [3.8, 4) is 11.5 Å². The quantitative estimate of drug-likeness (QED) is 0.868. The van der Waals surface area contributed by atoms with Gasteiger partial charge in [-0.25, -0.2) is 0 Å². The summed E-state index contributed by atoms with van der Waals surface area (Å²) in [6.45, 7) is 3.60. The Labute approximate surface area is 152 Å². The lowest BCUT2D eigenvalue weighted by Gasteiger charge is -2.21. The molecule has 0 radical (unpaired) electrons. The monoisotopic (exact) mass is 357 g/mol. The molecule has 1 saturated carbocycles. The van der Waals surface area contributed by atoms with Crippen molar-refractivity contribution < 1.29 is 19.1 Å². The number of carbonyl (C=O) groups excluding carboxylic acids is 1. The molecule has 1 aliphatic carbocycles. The molecule has 7 heteroatoms. The molecule has 4 aliphatic rings. The standard InChI is InChI=1S/C19H23N3O4/c23-18(20-9-13-1-2-13)15-8-19(26-21-15)5-6-22(11-19)10-14-3-4-16-17(7-14)25-12-24-16/h3-4,7,13H,1-2,5-6,8-12H2,(H,20,23)/t19-/m0/s1. The Kier molecular flexibility index (Phi) is 3.77. The first kappa shape index (κ1) is 15.9. The molecule has 0 bridgehead atoms. The molecule has 0 unspecified atom stereocenters. The van der Waals surface area contributed by atoms with Crippen molar-refractivity contribution in [3.63, 3.8) is 0 Å². The number of fused-ring (bicyclic) bond motifs is 1. The zero-order valence-corrected chi connectivity index (χ0v) is 14.7. The minimum atomic E-state index is -0.345. The Hall–Kier alpha value is -2.28. The van der Waals surface area contributed by atoms with Gasteiger partial charge in [0, 0.05) is 39.0 Å². The van der Waals surface area contributed by atoms with Gasteiger partial charge in [0.2, 0.25) is 6.79 Å². The maximum absolute atomic E-state index is 12.2. The average Bonchev–Trinajstić information content (AvgIpc) is 3.05. The van der Waals surface area contributed by atoms with Gasteiger partial charge in [0.1, 0.15) is 5.71 Å². The normalized spacial score (nSPS) is 26.8. The third kappa shape index (κ3) is 3.11. The molecule has 1 spiro atoms. The van der Waals surface area contributed by atoms with Gasteiger partial charge in [0.25, 0.3) is 5.91 Å². The number of nitrogens with zero attached hydrogens (tertiary/aromatic N) is 2. The minimum Gasteiger partial charge on any atom is -0.454 e. The number of nitrogens with one attached hydrogen (secondary N) is 1. The number of benzene rings is 1. The molecular weight excluding hydrogens is 334 g/mol. The second-order valence-corrected chi connectivity index (χ2v) is 7.79. The zero-order chi connectivity index (χ0) is 17.6. The van der Waals surface area contributed by atoms with Crippen molar-refractivity contribution in [1.29, 1.82) is 0 Å². The third-order valence-corrected chi connectivity index (χ3v) is 5.59. The number of hydrogen-bond acceptors (Lipinski definition) is 6. The van der Waals surface area contributed by atoms with Crippen LogP contribution in [0.1, 0.15) is 31.2 Å². The van der Waals surface area contributed by atoms with Crippen molar-refractivity contribution >= 4 is 11.6 Å². The lowest BCUT2D eigenvalue weighted by Crippen LogP contribution is -2.37. The highest BCUT2D eigenvalue weighted by Crippen LogP contribution is 2.36. The van der Waals surface area contributed by atoms with E-state index in [0.29, 0.717) is 24.8 Å². The summed E-state index contributed by atoms with van der Waals surface area (Å²) < 4.78 is 10.8. The molecule has 26 heavy (non-hydrogen) atoms. The summed E-state index contributed by atoms with van der Waals surface area (Å²) in [5.74, 6) is 2.22. The number of carbonyl (C=O) groups is 1. The molecule has 1 aromatic carbocycles. The fraction of sp³-hybridized carbons (Fsp3) is 0.579. The van der Waals surface area contributed by atoms with Gasteiger partial charge >= 0.3 is 0 Å². The first-order valence-corrected chi connectivity index (χ1v) is 9.33. The highest BCUT2D eigenvalue weighted by Gasteiger charge is 2.46. The van der Waals surface area contributed by atoms with Gasteiger partial charge in [-0.2, -0.15) is 0 Å². The predicted octanol–water partition coefficient (Wildman–Crippen LogP) is 1.66. The number of amides is 1.